The first-order valence-corrected chi connectivity index (χ1v) is 11.3. The van der Waals surface area contributed by atoms with Gasteiger partial charge in [-0.3, -0.25) is 9.69 Å². The lowest BCUT2D eigenvalue weighted by atomic mass is 9.95. The van der Waals surface area contributed by atoms with Crippen molar-refractivity contribution in [3.05, 3.63) is 78.6 Å². The summed E-state index contributed by atoms with van der Waals surface area (Å²) in [7, 11) is -4.06. The van der Waals surface area contributed by atoms with Crippen molar-refractivity contribution in [2.24, 2.45) is 0 Å². The van der Waals surface area contributed by atoms with Crippen molar-refractivity contribution in [1.29, 1.82) is 0 Å². The van der Waals surface area contributed by atoms with Crippen LogP contribution >= 0.6 is 0 Å². The molecule has 0 aliphatic carbocycles. The van der Waals surface area contributed by atoms with Gasteiger partial charge in [0.15, 0.2) is 14.6 Å². The summed E-state index contributed by atoms with van der Waals surface area (Å²) in [5.74, 6) is -0.655. The number of hydrogen-bond acceptors (Lipinski definition) is 5. The van der Waals surface area contributed by atoms with E-state index in [1.807, 2.05) is 30.3 Å². The molecule has 0 radical (unpaired) electrons. The molecular formula is C23H23NO5S. The Morgan fingerprint density at radius 1 is 0.967 bits per heavy atom. The van der Waals surface area contributed by atoms with Crippen molar-refractivity contribution in [3.63, 3.8) is 0 Å². The molecule has 1 fully saturated rings. The second kappa shape index (κ2) is 8.08. The number of carbonyl (C=O) groups is 1. The zero-order valence-electron chi connectivity index (χ0n) is 16.4. The first-order chi connectivity index (χ1) is 14.4. The molecule has 1 saturated heterocycles. The minimum absolute atomic E-state index is 0.0247. The lowest BCUT2D eigenvalue weighted by Crippen LogP contribution is -2.54. The fraction of sp³-hybridized carbons (Fsp3) is 0.261. The highest BCUT2D eigenvalue weighted by molar-refractivity contribution is 7.93. The van der Waals surface area contributed by atoms with E-state index in [1.54, 1.807) is 30.5 Å². The lowest BCUT2D eigenvalue weighted by Gasteiger charge is -2.38. The predicted molar refractivity (Wildman–Crippen MR) is 113 cm³/mol. The smallest absolute Gasteiger partial charge is 0.325 e. The maximum Gasteiger partial charge on any atom is 0.325 e. The van der Waals surface area contributed by atoms with E-state index < -0.39 is 20.6 Å². The number of benzene rings is 2. The Kier molecular flexibility index (Phi) is 5.49. The van der Waals surface area contributed by atoms with Gasteiger partial charge in [-0.05, 0) is 54.8 Å². The van der Waals surface area contributed by atoms with Crippen molar-refractivity contribution in [3.8, 4) is 11.3 Å². The van der Waals surface area contributed by atoms with Gasteiger partial charge in [-0.1, -0.05) is 30.3 Å². The maximum absolute atomic E-state index is 13.4. The number of sulfone groups is 1. The van der Waals surface area contributed by atoms with Gasteiger partial charge in [0.05, 0.1) is 11.2 Å². The third-order valence-corrected chi connectivity index (χ3v) is 8.29. The Hall–Kier alpha value is -2.90. The van der Waals surface area contributed by atoms with Crippen molar-refractivity contribution in [2.45, 2.75) is 29.0 Å². The minimum Gasteiger partial charge on any atom is -0.480 e. The molecular weight excluding hydrogens is 402 g/mol. The lowest BCUT2D eigenvalue weighted by molar-refractivity contribution is -0.141. The summed E-state index contributed by atoms with van der Waals surface area (Å²) in [6.45, 7) is 1.49. The van der Waals surface area contributed by atoms with Crippen LogP contribution in [0, 0.1) is 0 Å². The Morgan fingerprint density at radius 3 is 2.20 bits per heavy atom. The molecule has 6 nitrogen and oxygen atoms in total. The highest BCUT2D eigenvalue weighted by Crippen LogP contribution is 2.37. The molecule has 1 aliphatic rings. The average Bonchev–Trinajstić information content (AvgIpc) is 3.30. The average molecular weight is 426 g/mol. The SMILES string of the molecule is O=C(O)C1(S(=O)(=O)c2ccc(-c3ccco3)cc2)CCN(Cc2ccccc2)CC1. The molecule has 1 N–H and O–H groups in total. The van der Waals surface area contributed by atoms with Crippen LogP contribution in [0.4, 0.5) is 0 Å². The number of piperidine rings is 1. The molecule has 0 atom stereocenters. The molecule has 0 unspecified atom stereocenters. The second-order valence-corrected chi connectivity index (χ2v) is 9.83. The monoisotopic (exact) mass is 425 g/mol. The Morgan fingerprint density at radius 2 is 1.63 bits per heavy atom. The number of furan rings is 1. The summed E-state index contributed by atoms with van der Waals surface area (Å²) in [6.07, 6.45) is 1.65. The quantitative estimate of drug-likeness (QED) is 0.646. The summed E-state index contributed by atoms with van der Waals surface area (Å²) in [4.78, 5) is 14.3. The van der Waals surface area contributed by atoms with Gasteiger partial charge in [0.25, 0.3) is 0 Å². The zero-order chi connectivity index (χ0) is 21.2. The van der Waals surface area contributed by atoms with Crippen molar-refractivity contribution >= 4 is 15.8 Å². The van der Waals surface area contributed by atoms with E-state index in [9.17, 15) is 18.3 Å². The van der Waals surface area contributed by atoms with Gasteiger partial charge in [-0.2, -0.15) is 0 Å². The second-order valence-electron chi connectivity index (χ2n) is 7.57. The molecule has 156 valence electrons. The topological polar surface area (TPSA) is 87.8 Å². The third-order valence-electron chi connectivity index (χ3n) is 5.79. The Labute approximate surface area is 175 Å². The van der Waals surface area contributed by atoms with Gasteiger partial charge in [0.1, 0.15) is 5.76 Å². The van der Waals surface area contributed by atoms with Crippen molar-refractivity contribution in [2.75, 3.05) is 13.1 Å². The summed E-state index contributed by atoms with van der Waals surface area (Å²) in [5, 5.41) is 9.95. The highest BCUT2D eigenvalue weighted by Gasteiger charge is 2.53. The van der Waals surface area contributed by atoms with Crippen LogP contribution in [0.2, 0.25) is 0 Å². The largest absolute Gasteiger partial charge is 0.480 e. The van der Waals surface area contributed by atoms with Crippen LogP contribution < -0.4 is 0 Å². The number of carboxylic acids is 1. The van der Waals surface area contributed by atoms with E-state index in [4.69, 9.17) is 4.42 Å². The van der Waals surface area contributed by atoms with Crippen LogP contribution in [0.25, 0.3) is 11.3 Å². The summed E-state index contributed by atoms with van der Waals surface area (Å²) in [6, 6.07) is 19.6. The van der Waals surface area contributed by atoms with Crippen LogP contribution in [0.5, 0.6) is 0 Å². The van der Waals surface area contributed by atoms with E-state index in [1.165, 1.54) is 12.1 Å². The molecule has 2 aromatic carbocycles. The first kappa shape index (κ1) is 20.4. The molecule has 3 aromatic rings. The van der Waals surface area contributed by atoms with Gasteiger partial charge in [-0.25, -0.2) is 8.42 Å². The molecule has 0 spiro atoms. The number of rotatable bonds is 6. The van der Waals surface area contributed by atoms with Gasteiger partial charge < -0.3 is 9.52 Å². The number of hydrogen-bond donors (Lipinski definition) is 1. The van der Waals surface area contributed by atoms with Crippen LogP contribution in [0.15, 0.2) is 82.3 Å². The van der Waals surface area contributed by atoms with E-state index in [0.29, 0.717) is 25.4 Å². The van der Waals surface area contributed by atoms with Crippen molar-refractivity contribution < 1.29 is 22.7 Å². The summed E-state index contributed by atoms with van der Waals surface area (Å²) < 4.78 is 30.3. The number of aliphatic carboxylic acids is 1. The molecule has 7 heteroatoms. The maximum atomic E-state index is 13.4. The minimum atomic E-state index is -4.06. The number of carboxylic acid groups (broad SMARTS) is 1. The third kappa shape index (κ3) is 3.66. The van der Waals surface area contributed by atoms with Gasteiger partial charge in [-0.15, -0.1) is 0 Å². The van der Waals surface area contributed by atoms with Gasteiger partial charge in [0.2, 0.25) is 0 Å². The van der Waals surface area contributed by atoms with E-state index in [2.05, 4.69) is 4.90 Å². The van der Waals surface area contributed by atoms with Crippen LogP contribution in [0.1, 0.15) is 18.4 Å². The molecule has 1 aromatic heterocycles. The molecule has 4 rings (SSSR count). The normalized spacial score (nSPS) is 16.9. The standard InChI is InChI=1S/C23H23NO5S/c25-22(26)23(12-14-24(15-13-23)17-18-5-2-1-3-6-18)30(27,28)20-10-8-19(9-11-20)21-7-4-16-29-21/h1-11,16H,12-15,17H2,(H,25,26). The number of nitrogens with zero attached hydrogens (tertiary/aromatic N) is 1. The fourth-order valence-corrected chi connectivity index (χ4v) is 5.87. The van der Waals surface area contributed by atoms with E-state index in [-0.39, 0.29) is 17.7 Å². The van der Waals surface area contributed by atoms with Crippen LogP contribution in [-0.4, -0.2) is 42.2 Å². The molecule has 0 bridgehead atoms. The number of likely N-dealkylation sites (tertiary alicyclic amines) is 1. The van der Waals surface area contributed by atoms with Gasteiger partial charge >= 0.3 is 5.97 Å². The van der Waals surface area contributed by atoms with Crippen LogP contribution in [-0.2, 0) is 21.2 Å². The first-order valence-electron chi connectivity index (χ1n) is 9.81. The van der Waals surface area contributed by atoms with Crippen molar-refractivity contribution in [1.82, 2.24) is 4.90 Å². The molecule has 0 amide bonds. The predicted octanol–water partition coefficient (Wildman–Crippen LogP) is 3.84. The van der Waals surface area contributed by atoms with E-state index >= 15 is 0 Å². The summed E-state index contributed by atoms with van der Waals surface area (Å²) in [5.41, 5.74) is 1.86. The molecule has 2 heterocycles. The van der Waals surface area contributed by atoms with Crippen LogP contribution in [0.3, 0.4) is 0 Å². The Bertz CT molecular complexity index is 1100. The Balaban J connectivity index is 1.55. The zero-order valence-corrected chi connectivity index (χ0v) is 17.2. The highest BCUT2D eigenvalue weighted by atomic mass is 32.2. The molecule has 1 aliphatic heterocycles. The van der Waals surface area contributed by atoms with Gasteiger partial charge in [0, 0.05) is 25.2 Å². The molecule has 0 saturated carbocycles. The molecule has 30 heavy (non-hydrogen) atoms. The summed E-state index contributed by atoms with van der Waals surface area (Å²) >= 11 is 0. The fourth-order valence-electron chi connectivity index (χ4n) is 3.98. The van der Waals surface area contributed by atoms with E-state index in [0.717, 1.165) is 11.1 Å².